The summed E-state index contributed by atoms with van der Waals surface area (Å²) in [6.45, 7) is 2.50. The number of benzene rings is 1. The van der Waals surface area contributed by atoms with E-state index >= 15 is 0 Å². The molecule has 0 spiro atoms. The van der Waals surface area contributed by atoms with E-state index < -0.39 is 5.97 Å². The molecule has 1 aliphatic heterocycles. The number of aryl methyl sites for hydroxylation is 1. The van der Waals surface area contributed by atoms with Crippen LogP contribution in [-0.4, -0.2) is 30.0 Å². The van der Waals surface area contributed by atoms with E-state index in [1.54, 1.807) is 13.0 Å². The van der Waals surface area contributed by atoms with Gasteiger partial charge in [0.15, 0.2) is 0 Å². The molecule has 1 atom stereocenters. The number of halogens is 1. The van der Waals surface area contributed by atoms with E-state index in [-0.39, 0.29) is 18.4 Å². The summed E-state index contributed by atoms with van der Waals surface area (Å²) in [6.07, 6.45) is 0.693. The SMILES string of the molecule is Cc1nc(-c2ccccc2Cl)sc1C(=O)OCC1CCNC1=O. The highest BCUT2D eigenvalue weighted by Gasteiger charge is 2.26. The Bertz CT molecular complexity index is 760. The Balaban J connectivity index is 1.74. The number of carbonyl (C=O) groups is 2. The van der Waals surface area contributed by atoms with Crippen LogP contribution in [0.4, 0.5) is 0 Å². The number of nitrogens with zero attached hydrogens (tertiary/aromatic N) is 1. The van der Waals surface area contributed by atoms with Crippen LogP contribution in [-0.2, 0) is 9.53 Å². The molecular weight excluding hydrogens is 336 g/mol. The maximum Gasteiger partial charge on any atom is 0.350 e. The Kier molecular flexibility index (Phi) is 4.63. The zero-order valence-electron chi connectivity index (χ0n) is 12.5. The first kappa shape index (κ1) is 16.0. The molecular formula is C16H15ClN2O3S. The van der Waals surface area contributed by atoms with E-state index in [4.69, 9.17) is 16.3 Å². The fraction of sp³-hybridized carbons (Fsp3) is 0.312. The fourth-order valence-electron chi connectivity index (χ4n) is 2.38. The van der Waals surface area contributed by atoms with Gasteiger partial charge in [0, 0.05) is 12.1 Å². The number of ether oxygens (including phenoxy) is 1. The van der Waals surface area contributed by atoms with Crippen LogP contribution in [0.25, 0.3) is 10.6 Å². The van der Waals surface area contributed by atoms with Gasteiger partial charge in [0.2, 0.25) is 5.91 Å². The maximum atomic E-state index is 12.2. The molecule has 5 nitrogen and oxygen atoms in total. The molecule has 1 aromatic heterocycles. The summed E-state index contributed by atoms with van der Waals surface area (Å²) < 4.78 is 5.28. The number of nitrogens with one attached hydrogen (secondary N) is 1. The first-order valence-electron chi connectivity index (χ1n) is 7.23. The minimum atomic E-state index is -0.446. The fourth-order valence-corrected chi connectivity index (χ4v) is 3.66. The number of hydrogen-bond acceptors (Lipinski definition) is 5. The number of esters is 1. The van der Waals surface area contributed by atoms with Crippen LogP contribution in [0.15, 0.2) is 24.3 Å². The maximum absolute atomic E-state index is 12.2. The molecule has 3 rings (SSSR count). The number of carbonyl (C=O) groups excluding carboxylic acids is 2. The van der Waals surface area contributed by atoms with E-state index in [0.717, 1.165) is 5.56 Å². The second kappa shape index (κ2) is 6.68. The molecule has 2 heterocycles. The van der Waals surface area contributed by atoms with Crippen LogP contribution >= 0.6 is 22.9 Å². The van der Waals surface area contributed by atoms with Gasteiger partial charge in [-0.05, 0) is 19.4 Å². The summed E-state index contributed by atoms with van der Waals surface area (Å²) >= 11 is 7.42. The minimum Gasteiger partial charge on any atom is -0.461 e. The van der Waals surface area contributed by atoms with Gasteiger partial charge in [-0.2, -0.15) is 0 Å². The van der Waals surface area contributed by atoms with Gasteiger partial charge in [-0.25, -0.2) is 9.78 Å². The summed E-state index contributed by atoms with van der Waals surface area (Å²) in [5.74, 6) is -0.760. The quantitative estimate of drug-likeness (QED) is 0.860. The molecule has 120 valence electrons. The predicted molar refractivity (Wildman–Crippen MR) is 88.7 cm³/mol. The molecule has 1 fully saturated rings. The van der Waals surface area contributed by atoms with Gasteiger partial charge < -0.3 is 10.1 Å². The Morgan fingerprint density at radius 2 is 2.26 bits per heavy atom. The highest BCUT2D eigenvalue weighted by atomic mass is 35.5. The third-order valence-electron chi connectivity index (χ3n) is 3.66. The normalized spacial score (nSPS) is 17.1. The van der Waals surface area contributed by atoms with Crippen LogP contribution in [0.3, 0.4) is 0 Å². The molecule has 0 saturated carbocycles. The zero-order valence-corrected chi connectivity index (χ0v) is 14.0. The lowest BCUT2D eigenvalue weighted by Crippen LogP contribution is -2.23. The molecule has 7 heteroatoms. The first-order chi connectivity index (χ1) is 11.1. The Morgan fingerprint density at radius 1 is 1.48 bits per heavy atom. The van der Waals surface area contributed by atoms with Crippen molar-refractivity contribution in [2.45, 2.75) is 13.3 Å². The Labute approximate surface area is 142 Å². The number of thiazole rings is 1. The number of hydrogen-bond donors (Lipinski definition) is 1. The third kappa shape index (κ3) is 3.38. The van der Waals surface area contributed by atoms with E-state index in [1.807, 2.05) is 18.2 Å². The van der Waals surface area contributed by atoms with Gasteiger partial charge in [0.1, 0.15) is 16.5 Å². The van der Waals surface area contributed by atoms with Crippen LogP contribution < -0.4 is 5.32 Å². The summed E-state index contributed by atoms with van der Waals surface area (Å²) in [5, 5.41) is 3.99. The molecule has 1 unspecified atom stereocenters. The van der Waals surface area contributed by atoms with Gasteiger partial charge in [0.25, 0.3) is 0 Å². The van der Waals surface area contributed by atoms with Crippen molar-refractivity contribution in [2.75, 3.05) is 13.2 Å². The van der Waals surface area contributed by atoms with Crippen molar-refractivity contribution in [3.8, 4) is 10.6 Å². The van der Waals surface area contributed by atoms with Crippen molar-refractivity contribution in [3.05, 3.63) is 39.9 Å². The van der Waals surface area contributed by atoms with E-state index in [1.165, 1.54) is 11.3 Å². The zero-order chi connectivity index (χ0) is 16.4. The lowest BCUT2D eigenvalue weighted by molar-refractivity contribution is -0.123. The first-order valence-corrected chi connectivity index (χ1v) is 8.43. The summed E-state index contributed by atoms with van der Waals surface area (Å²) in [4.78, 5) is 28.6. The summed E-state index contributed by atoms with van der Waals surface area (Å²) in [5.41, 5.74) is 1.39. The molecule has 1 amide bonds. The standard InChI is InChI=1S/C16H15ClN2O3S/c1-9-13(16(21)22-8-10-6-7-18-14(10)20)23-15(19-9)11-4-2-3-5-12(11)17/h2-5,10H,6-8H2,1H3,(H,18,20). The van der Waals surface area contributed by atoms with Crippen molar-refractivity contribution in [1.82, 2.24) is 10.3 Å². The van der Waals surface area contributed by atoms with Crippen molar-refractivity contribution in [3.63, 3.8) is 0 Å². The minimum absolute atomic E-state index is 0.0596. The van der Waals surface area contributed by atoms with Gasteiger partial charge in [-0.15, -0.1) is 11.3 Å². The molecule has 1 aromatic carbocycles. The molecule has 2 aromatic rings. The monoisotopic (exact) mass is 350 g/mol. The van der Waals surface area contributed by atoms with Crippen molar-refractivity contribution in [1.29, 1.82) is 0 Å². The van der Waals surface area contributed by atoms with Gasteiger partial charge in [0.05, 0.1) is 16.6 Å². The van der Waals surface area contributed by atoms with Crippen LogP contribution in [0, 0.1) is 12.8 Å². The van der Waals surface area contributed by atoms with E-state index in [0.29, 0.717) is 33.6 Å². The van der Waals surface area contributed by atoms with E-state index in [2.05, 4.69) is 10.3 Å². The molecule has 1 saturated heterocycles. The third-order valence-corrected chi connectivity index (χ3v) is 5.17. The van der Waals surface area contributed by atoms with Gasteiger partial charge in [-0.1, -0.05) is 29.8 Å². The second-order valence-corrected chi connectivity index (χ2v) is 6.69. The summed E-state index contributed by atoms with van der Waals surface area (Å²) in [6, 6.07) is 7.35. The Morgan fingerprint density at radius 3 is 2.96 bits per heavy atom. The molecule has 0 radical (unpaired) electrons. The Hall–Kier alpha value is -1.92. The number of aromatic nitrogens is 1. The molecule has 1 aliphatic rings. The molecule has 0 bridgehead atoms. The second-order valence-electron chi connectivity index (χ2n) is 5.29. The highest BCUT2D eigenvalue weighted by molar-refractivity contribution is 7.17. The molecule has 23 heavy (non-hydrogen) atoms. The molecule has 1 N–H and O–H groups in total. The lowest BCUT2D eigenvalue weighted by atomic mass is 10.1. The number of amides is 1. The smallest absolute Gasteiger partial charge is 0.350 e. The topological polar surface area (TPSA) is 68.3 Å². The van der Waals surface area contributed by atoms with Gasteiger partial charge >= 0.3 is 5.97 Å². The average molecular weight is 351 g/mol. The van der Waals surface area contributed by atoms with Crippen molar-refractivity contribution >= 4 is 34.8 Å². The lowest BCUT2D eigenvalue weighted by Gasteiger charge is -2.07. The van der Waals surface area contributed by atoms with Crippen LogP contribution in [0.2, 0.25) is 5.02 Å². The molecule has 0 aliphatic carbocycles. The summed E-state index contributed by atoms with van der Waals surface area (Å²) in [7, 11) is 0. The predicted octanol–water partition coefficient (Wildman–Crippen LogP) is 3.06. The number of rotatable bonds is 4. The highest BCUT2D eigenvalue weighted by Crippen LogP contribution is 2.33. The largest absolute Gasteiger partial charge is 0.461 e. The average Bonchev–Trinajstić information content (AvgIpc) is 3.11. The van der Waals surface area contributed by atoms with Crippen LogP contribution in [0.5, 0.6) is 0 Å². The van der Waals surface area contributed by atoms with Crippen molar-refractivity contribution in [2.24, 2.45) is 5.92 Å². The van der Waals surface area contributed by atoms with Gasteiger partial charge in [-0.3, -0.25) is 4.79 Å². The van der Waals surface area contributed by atoms with Crippen LogP contribution in [0.1, 0.15) is 21.8 Å². The van der Waals surface area contributed by atoms with E-state index in [9.17, 15) is 9.59 Å². The van der Waals surface area contributed by atoms with Crippen molar-refractivity contribution < 1.29 is 14.3 Å².